The summed E-state index contributed by atoms with van der Waals surface area (Å²) in [5.41, 5.74) is 5.45. The molecule has 3 atom stereocenters. The largest absolute Gasteiger partial charge is 0.469 e. The Kier molecular flexibility index (Phi) is 4.92. The first-order valence-corrected chi connectivity index (χ1v) is 6.46. The third kappa shape index (κ3) is 4.18. The van der Waals surface area contributed by atoms with E-state index in [2.05, 4.69) is 4.74 Å². The molecule has 19 heavy (non-hydrogen) atoms. The molecule has 3 unspecified atom stereocenters. The molecule has 1 heterocycles. The maximum absolute atomic E-state index is 11.9. The number of esters is 2. The number of hydrogen-bond donors (Lipinski definition) is 1. The van der Waals surface area contributed by atoms with Gasteiger partial charge in [0.15, 0.2) is 0 Å². The number of hydrogen-bond acceptors (Lipinski definition) is 6. The first-order chi connectivity index (χ1) is 8.65. The summed E-state index contributed by atoms with van der Waals surface area (Å²) in [6, 6.07) is 0. The van der Waals surface area contributed by atoms with Crippen LogP contribution in [0, 0.1) is 11.8 Å². The second-order valence-corrected chi connectivity index (χ2v) is 6.01. The Bertz CT molecular complexity index is 351. The van der Waals surface area contributed by atoms with E-state index in [-0.39, 0.29) is 29.9 Å². The lowest BCUT2D eigenvalue weighted by atomic mass is 9.93. The molecule has 6 nitrogen and oxygen atoms in total. The highest BCUT2D eigenvalue weighted by Gasteiger charge is 2.44. The molecule has 110 valence electrons. The van der Waals surface area contributed by atoms with E-state index >= 15 is 0 Å². The monoisotopic (exact) mass is 272 g/mol. The lowest BCUT2D eigenvalue weighted by Gasteiger charge is -2.45. The smallest absolute Gasteiger partial charge is 0.313 e. The number of carbonyl (C=O) groups is 2. The Hall–Kier alpha value is -1.14. The van der Waals surface area contributed by atoms with Gasteiger partial charge in [0.1, 0.15) is 5.60 Å². The van der Waals surface area contributed by atoms with Gasteiger partial charge in [-0.3, -0.25) is 14.5 Å². The van der Waals surface area contributed by atoms with Crippen molar-refractivity contribution in [2.45, 2.75) is 39.5 Å². The zero-order valence-electron chi connectivity index (χ0n) is 12.3. The predicted octanol–water partition coefficient (Wildman–Crippen LogP) is 0.354. The summed E-state index contributed by atoms with van der Waals surface area (Å²) in [5.74, 6) is -1.12. The molecule has 0 saturated carbocycles. The highest BCUT2D eigenvalue weighted by molar-refractivity contribution is 5.75. The minimum absolute atomic E-state index is 0.254. The van der Waals surface area contributed by atoms with Crippen LogP contribution in [0.1, 0.15) is 27.7 Å². The van der Waals surface area contributed by atoms with E-state index in [4.69, 9.17) is 10.5 Å². The van der Waals surface area contributed by atoms with Crippen molar-refractivity contribution in [1.29, 1.82) is 0 Å². The number of nitrogens with zero attached hydrogens (tertiary/aromatic N) is 1. The van der Waals surface area contributed by atoms with Gasteiger partial charge < -0.3 is 15.2 Å². The summed E-state index contributed by atoms with van der Waals surface area (Å²) in [5, 5.41) is 0. The molecule has 1 rings (SSSR count). The summed E-state index contributed by atoms with van der Waals surface area (Å²) in [4.78, 5) is 25.1. The van der Waals surface area contributed by atoms with Crippen LogP contribution in [0.2, 0.25) is 0 Å². The lowest BCUT2D eigenvalue weighted by Crippen LogP contribution is -2.65. The van der Waals surface area contributed by atoms with Gasteiger partial charge in [-0.1, -0.05) is 6.92 Å². The second kappa shape index (κ2) is 5.88. The van der Waals surface area contributed by atoms with Gasteiger partial charge in [-0.05, 0) is 20.8 Å². The zero-order valence-corrected chi connectivity index (χ0v) is 12.3. The van der Waals surface area contributed by atoms with Crippen LogP contribution in [0.25, 0.3) is 0 Å². The van der Waals surface area contributed by atoms with Gasteiger partial charge in [0, 0.05) is 13.1 Å². The average Bonchev–Trinajstić information content (AvgIpc) is 2.29. The highest BCUT2D eigenvalue weighted by atomic mass is 16.6. The number of likely N-dealkylation sites (tertiary alicyclic amines) is 1. The molecule has 2 N–H and O–H groups in total. The quantitative estimate of drug-likeness (QED) is 0.744. The van der Waals surface area contributed by atoms with Crippen LogP contribution < -0.4 is 5.73 Å². The Labute approximate surface area is 114 Å². The fraction of sp³-hybridized carbons (Fsp3) is 0.846. The van der Waals surface area contributed by atoms with Gasteiger partial charge in [0.2, 0.25) is 0 Å². The fourth-order valence-corrected chi connectivity index (χ4v) is 2.01. The SMILES string of the molecule is COC(=O)C(C)CN1CC(C(=O)OC(C)(C)C)C1N. The number of nitrogens with two attached hydrogens (primary N) is 1. The molecule has 0 aromatic heterocycles. The molecule has 0 radical (unpaired) electrons. The van der Waals surface area contributed by atoms with Crippen molar-refractivity contribution in [2.24, 2.45) is 17.6 Å². The highest BCUT2D eigenvalue weighted by Crippen LogP contribution is 2.25. The van der Waals surface area contributed by atoms with Gasteiger partial charge in [0.25, 0.3) is 0 Å². The molecule has 0 amide bonds. The summed E-state index contributed by atoms with van der Waals surface area (Å²) < 4.78 is 9.96. The molecule has 0 bridgehead atoms. The minimum atomic E-state index is -0.503. The molecule has 1 saturated heterocycles. The Morgan fingerprint density at radius 1 is 1.42 bits per heavy atom. The van der Waals surface area contributed by atoms with E-state index in [1.165, 1.54) is 7.11 Å². The molecule has 1 aliphatic heterocycles. The van der Waals surface area contributed by atoms with Gasteiger partial charge >= 0.3 is 11.9 Å². The summed E-state index contributed by atoms with van der Waals surface area (Å²) in [6.07, 6.45) is -0.387. The van der Waals surface area contributed by atoms with Crippen molar-refractivity contribution in [3.63, 3.8) is 0 Å². The van der Waals surface area contributed by atoms with E-state index in [9.17, 15) is 9.59 Å². The van der Waals surface area contributed by atoms with Crippen molar-refractivity contribution in [2.75, 3.05) is 20.2 Å². The van der Waals surface area contributed by atoms with Crippen LogP contribution >= 0.6 is 0 Å². The van der Waals surface area contributed by atoms with Crippen LogP contribution in [-0.2, 0) is 19.1 Å². The van der Waals surface area contributed by atoms with Crippen molar-refractivity contribution >= 4 is 11.9 Å². The van der Waals surface area contributed by atoms with Gasteiger partial charge in [-0.15, -0.1) is 0 Å². The molecule has 0 aliphatic carbocycles. The Morgan fingerprint density at radius 3 is 2.42 bits per heavy atom. The van der Waals surface area contributed by atoms with Crippen LogP contribution in [0.15, 0.2) is 0 Å². The molecular formula is C13H24N2O4. The molecular weight excluding hydrogens is 248 g/mol. The Morgan fingerprint density at radius 2 is 2.00 bits per heavy atom. The molecule has 1 aliphatic rings. The predicted molar refractivity (Wildman–Crippen MR) is 70.1 cm³/mol. The summed E-state index contributed by atoms with van der Waals surface area (Å²) in [6.45, 7) is 8.27. The van der Waals surface area contributed by atoms with E-state index in [0.29, 0.717) is 13.1 Å². The summed E-state index contributed by atoms with van der Waals surface area (Å²) >= 11 is 0. The van der Waals surface area contributed by atoms with Crippen LogP contribution in [0.4, 0.5) is 0 Å². The van der Waals surface area contributed by atoms with Crippen molar-refractivity contribution in [3.8, 4) is 0 Å². The minimum Gasteiger partial charge on any atom is -0.469 e. The first kappa shape index (κ1) is 15.9. The van der Waals surface area contributed by atoms with Crippen LogP contribution in [-0.4, -0.2) is 48.8 Å². The van der Waals surface area contributed by atoms with Gasteiger partial charge in [-0.2, -0.15) is 0 Å². The van der Waals surface area contributed by atoms with E-state index in [1.807, 2.05) is 25.7 Å². The second-order valence-electron chi connectivity index (χ2n) is 6.01. The maximum atomic E-state index is 11.9. The third-order valence-electron chi connectivity index (χ3n) is 3.09. The number of carbonyl (C=O) groups excluding carboxylic acids is 2. The van der Waals surface area contributed by atoms with E-state index in [1.54, 1.807) is 6.92 Å². The van der Waals surface area contributed by atoms with Crippen molar-refractivity contribution in [3.05, 3.63) is 0 Å². The van der Waals surface area contributed by atoms with Crippen molar-refractivity contribution < 1.29 is 19.1 Å². The molecule has 1 fully saturated rings. The van der Waals surface area contributed by atoms with Crippen LogP contribution in [0.5, 0.6) is 0 Å². The number of rotatable bonds is 4. The average molecular weight is 272 g/mol. The zero-order chi connectivity index (χ0) is 14.8. The van der Waals surface area contributed by atoms with Gasteiger partial charge in [-0.25, -0.2) is 0 Å². The summed E-state index contributed by atoms with van der Waals surface area (Å²) in [7, 11) is 1.36. The molecule has 6 heteroatoms. The number of ether oxygens (including phenoxy) is 2. The lowest BCUT2D eigenvalue weighted by molar-refractivity contribution is -0.171. The van der Waals surface area contributed by atoms with Gasteiger partial charge in [0.05, 0.1) is 25.1 Å². The third-order valence-corrected chi connectivity index (χ3v) is 3.09. The van der Waals surface area contributed by atoms with E-state index < -0.39 is 5.60 Å². The van der Waals surface area contributed by atoms with Crippen molar-refractivity contribution in [1.82, 2.24) is 4.90 Å². The topological polar surface area (TPSA) is 81.9 Å². The molecule has 0 spiro atoms. The standard InChI is InChI=1S/C13H24N2O4/c1-8(11(16)18-5)6-15-7-9(10(15)14)12(17)19-13(2,3)4/h8-10H,6-7,14H2,1-5H3. The Balaban J connectivity index is 2.43. The molecule has 0 aromatic rings. The fourth-order valence-electron chi connectivity index (χ4n) is 2.01. The normalized spacial score (nSPS) is 25.4. The van der Waals surface area contributed by atoms with E-state index in [0.717, 1.165) is 0 Å². The maximum Gasteiger partial charge on any atom is 0.313 e. The van der Waals surface area contributed by atoms with Crippen LogP contribution in [0.3, 0.4) is 0 Å². The molecule has 0 aromatic carbocycles. The number of methoxy groups -OCH3 is 1. The first-order valence-electron chi connectivity index (χ1n) is 6.46.